The van der Waals surface area contributed by atoms with Crippen LogP contribution in [0.25, 0.3) is 0 Å². The molecule has 0 aromatic heterocycles. The van der Waals surface area contributed by atoms with Crippen LogP contribution in [0, 0.1) is 5.92 Å². The van der Waals surface area contributed by atoms with Crippen molar-refractivity contribution in [2.45, 2.75) is 31.0 Å². The topological polar surface area (TPSA) is 76.2 Å². The Morgan fingerprint density at radius 2 is 1.71 bits per heavy atom. The Bertz CT molecular complexity index is 998. The zero-order valence-electron chi connectivity index (χ0n) is 17.6. The molecule has 0 bridgehead atoms. The molecular formula is C23H28N2O5S. The molecule has 2 aromatic rings. The Labute approximate surface area is 183 Å². The van der Waals surface area contributed by atoms with Gasteiger partial charge in [-0.1, -0.05) is 24.3 Å². The highest BCUT2D eigenvalue weighted by atomic mass is 32.2. The van der Waals surface area contributed by atoms with Crippen LogP contribution in [0.3, 0.4) is 0 Å². The van der Waals surface area contributed by atoms with Crippen LogP contribution in [-0.2, 0) is 19.5 Å². The second kappa shape index (κ2) is 9.38. The lowest BCUT2D eigenvalue weighted by Crippen LogP contribution is -2.41. The number of carbonyl (C=O) groups excluding carboxylic acids is 1. The molecule has 0 N–H and O–H groups in total. The van der Waals surface area contributed by atoms with Crippen molar-refractivity contribution in [3.05, 3.63) is 60.2 Å². The van der Waals surface area contributed by atoms with Gasteiger partial charge in [0.15, 0.2) is 6.29 Å². The van der Waals surface area contributed by atoms with E-state index in [9.17, 15) is 13.2 Å². The number of carbonyl (C=O) groups is 1. The first kappa shape index (κ1) is 21.8. The maximum Gasteiger partial charge on any atom is 0.264 e. The van der Waals surface area contributed by atoms with Gasteiger partial charge in [0, 0.05) is 31.1 Å². The number of sulfonamides is 1. The maximum atomic E-state index is 13.3. The Morgan fingerprint density at radius 3 is 2.35 bits per heavy atom. The number of rotatable bonds is 6. The van der Waals surface area contributed by atoms with Crippen LogP contribution in [0.2, 0.25) is 0 Å². The highest BCUT2D eigenvalue weighted by molar-refractivity contribution is 7.92. The van der Waals surface area contributed by atoms with Gasteiger partial charge in [-0.3, -0.25) is 9.10 Å². The molecule has 2 heterocycles. The van der Waals surface area contributed by atoms with Crippen LogP contribution in [0.5, 0.6) is 0 Å². The summed E-state index contributed by atoms with van der Waals surface area (Å²) in [6.45, 7) is 4.56. The fourth-order valence-electron chi connectivity index (χ4n) is 4.21. The van der Waals surface area contributed by atoms with E-state index in [1.807, 2.05) is 6.07 Å². The number of amides is 1. The number of benzene rings is 2. The fraction of sp³-hybridized carbons (Fsp3) is 0.435. The molecular weight excluding hydrogens is 416 g/mol. The van der Waals surface area contributed by atoms with Gasteiger partial charge < -0.3 is 14.4 Å². The van der Waals surface area contributed by atoms with Gasteiger partial charge in [-0.05, 0) is 50.1 Å². The number of likely N-dealkylation sites (tertiary alicyclic amines) is 1. The van der Waals surface area contributed by atoms with Crippen LogP contribution in [0.1, 0.15) is 30.1 Å². The summed E-state index contributed by atoms with van der Waals surface area (Å²) in [5.74, 6) is 0.147. The molecule has 2 aromatic carbocycles. The van der Waals surface area contributed by atoms with Crippen LogP contribution >= 0.6 is 0 Å². The summed E-state index contributed by atoms with van der Waals surface area (Å²) < 4.78 is 39.1. The monoisotopic (exact) mass is 444 g/mol. The molecule has 2 fully saturated rings. The molecule has 2 aliphatic rings. The molecule has 7 nitrogen and oxygen atoms in total. The van der Waals surface area contributed by atoms with Crippen molar-refractivity contribution < 1.29 is 22.7 Å². The molecule has 0 aliphatic carbocycles. The number of anilines is 1. The molecule has 31 heavy (non-hydrogen) atoms. The van der Waals surface area contributed by atoms with Crippen LogP contribution < -0.4 is 4.31 Å². The van der Waals surface area contributed by atoms with Crippen molar-refractivity contribution in [3.63, 3.8) is 0 Å². The highest BCUT2D eigenvalue weighted by Gasteiger charge is 2.32. The van der Waals surface area contributed by atoms with Gasteiger partial charge in [-0.25, -0.2) is 8.42 Å². The number of piperidine rings is 1. The van der Waals surface area contributed by atoms with E-state index in [-0.39, 0.29) is 17.1 Å². The minimum absolute atomic E-state index is 0.117. The van der Waals surface area contributed by atoms with E-state index in [0.29, 0.717) is 50.0 Å². The summed E-state index contributed by atoms with van der Waals surface area (Å²) in [4.78, 5) is 15.0. The van der Waals surface area contributed by atoms with E-state index < -0.39 is 10.0 Å². The van der Waals surface area contributed by atoms with Crippen LogP contribution in [0.15, 0.2) is 59.5 Å². The largest absolute Gasteiger partial charge is 0.350 e. The molecule has 2 aliphatic heterocycles. The second-order valence-corrected chi connectivity index (χ2v) is 9.64. The van der Waals surface area contributed by atoms with Crippen LogP contribution in [-0.4, -0.2) is 58.4 Å². The van der Waals surface area contributed by atoms with Gasteiger partial charge in [0.25, 0.3) is 15.9 Å². The number of para-hydroxylation sites is 1. The molecule has 0 spiro atoms. The molecule has 8 heteroatoms. The zero-order chi connectivity index (χ0) is 21.8. The van der Waals surface area contributed by atoms with Crippen molar-refractivity contribution in [3.8, 4) is 0 Å². The summed E-state index contributed by atoms with van der Waals surface area (Å²) in [6, 6.07) is 15.3. The first-order chi connectivity index (χ1) is 15.0. The minimum Gasteiger partial charge on any atom is -0.350 e. The Morgan fingerprint density at radius 1 is 1.03 bits per heavy atom. The van der Waals surface area contributed by atoms with E-state index in [1.165, 1.54) is 10.4 Å². The van der Waals surface area contributed by atoms with Gasteiger partial charge >= 0.3 is 0 Å². The maximum absolute atomic E-state index is 13.3. The van der Waals surface area contributed by atoms with Gasteiger partial charge in [-0.2, -0.15) is 0 Å². The summed E-state index contributed by atoms with van der Waals surface area (Å²) in [6.07, 6.45) is 1.46. The van der Waals surface area contributed by atoms with Crippen molar-refractivity contribution in [1.82, 2.24) is 4.90 Å². The van der Waals surface area contributed by atoms with Crippen molar-refractivity contribution in [1.29, 1.82) is 0 Å². The standard InChI is InChI=1S/C23H28N2O5S/c1-2-25(20-8-4-3-5-9-20)31(27,28)21-10-6-7-19(17-21)22(26)24-13-11-18(12-14-24)23-29-15-16-30-23/h3-10,17-18,23H,2,11-16H2,1H3. The first-order valence-electron chi connectivity index (χ1n) is 10.7. The molecule has 4 rings (SSSR count). The van der Waals surface area contributed by atoms with Crippen molar-refractivity contribution >= 4 is 21.6 Å². The Balaban J connectivity index is 1.49. The van der Waals surface area contributed by atoms with Crippen molar-refractivity contribution in [2.75, 3.05) is 37.2 Å². The van der Waals surface area contributed by atoms with Gasteiger partial charge in [0.1, 0.15) is 0 Å². The van der Waals surface area contributed by atoms with E-state index in [4.69, 9.17) is 9.47 Å². The predicted molar refractivity (Wildman–Crippen MR) is 117 cm³/mol. The molecule has 0 unspecified atom stereocenters. The SMILES string of the molecule is CCN(c1ccccc1)S(=O)(=O)c1cccc(C(=O)N2CCC(C3OCCO3)CC2)c1. The van der Waals surface area contributed by atoms with Gasteiger partial charge in [0.2, 0.25) is 0 Å². The second-order valence-electron chi connectivity index (χ2n) is 7.77. The quantitative estimate of drug-likeness (QED) is 0.684. The lowest BCUT2D eigenvalue weighted by atomic mass is 9.95. The van der Waals surface area contributed by atoms with Crippen molar-refractivity contribution in [2.24, 2.45) is 5.92 Å². The number of nitrogens with zero attached hydrogens (tertiary/aromatic N) is 2. The third-order valence-electron chi connectivity index (χ3n) is 5.86. The van der Waals surface area contributed by atoms with E-state index in [0.717, 1.165) is 12.8 Å². The number of hydrogen-bond donors (Lipinski definition) is 0. The van der Waals surface area contributed by atoms with Crippen LogP contribution in [0.4, 0.5) is 5.69 Å². The lowest BCUT2D eigenvalue weighted by molar-refractivity contribution is -0.0956. The Kier molecular flexibility index (Phi) is 6.60. The fourth-order valence-corrected chi connectivity index (χ4v) is 5.73. The third-order valence-corrected chi connectivity index (χ3v) is 7.76. The molecule has 1 amide bonds. The number of ether oxygens (including phenoxy) is 2. The van der Waals surface area contributed by atoms with Gasteiger partial charge in [-0.15, -0.1) is 0 Å². The molecule has 0 radical (unpaired) electrons. The minimum atomic E-state index is -3.78. The molecule has 0 saturated carbocycles. The van der Waals surface area contributed by atoms with E-state index in [2.05, 4.69) is 0 Å². The molecule has 2 saturated heterocycles. The molecule has 166 valence electrons. The normalized spacial score (nSPS) is 18.3. The summed E-state index contributed by atoms with van der Waals surface area (Å²) in [5.41, 5.74) is 0.983. The van der Waals surface area contributed by atoms with E-state index in [1.54, 1.807) is 54.3 Å². The molecule has 0 atom stereocenters. The summed E-state index contributed by atoms with van der Waals surface area (Å²) in [7, 11) is -3.78. The predicted octanol–water partition coefficient (Wildman–Crippen LogP) is 3.13. The third kappa shape index (κ3) is 4.61. The number of hydrogen-bond acceptors (Lipinski definition) is 5. The highest BCUT2D eigenvalue weighted by Crippen LogP contribution is 2.28. The Hall–Kier alpha value is -2.42. The van der Waals surface area contributed by atoms with E-state index >= 15 is 0 Å². The average Bonchev–Trinajstić information content (AvgIpc) is 3.35. The van der Waals surface area contributed by atoms with Gasteiger partial charge in [0.05, 0.1) is 23.8 Å². The zero-order valence-corrected chi connectivity index (χ0v) is 18.5. The lowest BCUT2D eigenvalue weighted by Gasteiger charge is -2.34. The summed E-state index contributed by atoms with van der Waals surface area (Å²) >= 11 is 0. The summed E-state index contributed by atoms with van der Waals surface area (Å²) in [5, 5.41) is 0. The average molecular weight is 445 g/mol. The smallest absolute Gasteiger partial charge is 0.264 e. The first-order valence-corrected chi connectivity index (χ1v) is 12.1.